The number of benzene rings is 1. The number of nitrogens with one attached hydrogen (secondary N) is 1. The third-order valence-corrected chi connectivity index (χ3v) is 2.27. The van der Waals surface area contributed by atoms with Crippen LogP contribution in [0.5, 0.6) is 0 Å². The van der Waals surface area contributed by atoms with Crippen molar-refractivity contribution in [3.05, 3.63) is 59.3 Å². The Morgan fingerprint density at radius 1 is 1.08 bits per heavy atom. The van der Waals surface area contributed by atoms with E-state index in [1.807, 2.05) is 42.6 Å². The molecule has 66 valence electrons. The fourth-order valence-electron chi connectivity index (χ4n) is 1.32. The SMILES string of the molecule is Clc1ccc(C2C=CC=CN2)cc1. The maximum Gasteiger partial charge on any atom is 0.0695 e. The number of hydrogen-bond acceptors (Lipinski definition) is 1. The van der Waals surface area contributed by atoms with Gasteiger partial charge in [0, 0.05) is 5.02 Å². The largest absolute Gasteiger partial charge is 0.381 e. The van der Waals surface area contributed by atoms with Crippen LogP contribution in [0.3, 0.4) is 0 Å². The second-order valence-electron chi connectivity index (χ2n) is 2.94. The van der Waals surface area contributed by atoms with E-state index >= 15 is 0 Å². The quantitative estimate of drug-likeness (QED) is 0.720. The maximum absolute atomic E-state index is 5.80. The van der Waals surface area contributed by atoms with E-state index in [0.29, 0.717) is 0 Å². The zero-order valence-electron chi connectivity index (χ0n) is 7.07. The van der Waals surface area contributed by atoms with Gasteiger partial charge in [0.2, 0.25) is 0 Å². The van der Waals surface area contributed by atoms with E-state index in [1.165, 1.54) is 5.56 Å². The first-order valence-corrected chi connectivity index (χ1v) is 4.59. The molecule has 1 aliphatic heterocycles. The van der Waals surface area contributed by atoms with Gasteiger partial charge in [-0.2, -0.15) is 0 Å². The van der Waals surface area contributed by atoms with Crippen molar-refractivity contribution in [2.75, 3.05) is 0 Å². The lowest BCUT2D eigenvalue weighted by molar-refractivity contribution is 0.746. The minimum absolute atomic E-state index is 0.280. The molecule has 0 saturated heterocycles. The summed E-state index contributed by atoms with van der Waals surface area (Å²) >= 11 is 5.80. The van der Waals surface area contributed by atoms with Gasteiger partial charge >= 0.3 is 0 Å². The number of hydrogen-bond donors (Lipinski definition) is 1. The molecule has 0 amide bonds. The van der Waals surface area contributed by atoms with Gasteiger partial charge < -0.3 is 5.32 Å². The van der Waals surface area contributed by atoms with Gasteiger partial charge in [0.15, 0.2) is 0 Å². The first kappa shape index (κ1) is 8.39. The molecule has 1 heterocycles. The Morgan fingerprint density at radius 2 is 1.85 bits per heavy atom. The van der Waals surface area contributed by atoms with Crippen molar-refractivity contribution in [1.82, 2.24) is 5.32 Å². The Hall–Kier alpha value is -1.21. The minimum atomic E-state index is 0.280. The van der Waals surface area contributed by atoms with Gasteiger partial charge in [-0.3, -0.25) is 0 Å². The van der Waals surface area contributed by atoms with Gasteiger partial charge in [0.25, 0.3) is 0 Å². The molecule has 13 heavy (non-hydrogen) atoms. The zero-order valence-corrected chi connectivity index (χ0v) is 7.83. The fourth-order valence-corrected chi connectivity index (χ4v) is 1.45. The molecule has 1 atom stereocenters. The van der Waals surface area contributed by atoms with Crippen LogP contribution in [0.4, 0.5) is 0 Å². The standard InChI is InChI=1S/C11H10ClN/c12-10-6-4-9(5-7-10)11-3-1-2-8-13-11/h1-8,11,13H. The van der Waals surface area contributed by atoms with Crippen LogP contribution in [-0.2, 0) is 0 Å². The molecule has 1 aromatic rings. The Labute approximate surface area is 82.7 Å². The van der Waals surface area contributed by atoms with Crippen molar-refractivity contribution in [2.24, 2.45) is 0 Å². The average molecular weight is 192 g/mol. The second kappa shape index (κ2) is 3.67. The van der Waals surface area contributed by atoms with E-state index < -0.39 is 0 Å². The van der Waals surface area contributed by atoms with Crippen LogP contribution in [0.2, 0.25) is 5.02 Å². The lowest BCUT2D eigenvalue weighted by Crippen LogP contribution is -2.14. The van der Waals surface area contributed by atoms with Gasteiger partial charge in [0.1, 0.15) is 0 Å². The number of rotatable bonds is 1. The summed E-state index contributed by atoms with van der Waals surface area (Å²) in [5.74, 6) is 0. The van der Waals surface area contributed by atoms with E-state index in [1.54, 1.807) is 0 Å². The minimum Gasteiger partial charge on any atom is -0.381 e. The molecule has 1 aliphatic rings. The van der Waals surface area contributed by atoms with Crippen LogP contribution in [0.15, 0.2) is 48.7 Å². The number of halogens is 1. The molecule has 2 rings (SSSR count). The summed E-state index contributed by atoms with van der Waals surface area (Å²) in [5, 5.41) is 4.02. The van der Waals surface area contributed by atoms with Crippen LogP contribution < -0.4 is 5.32 Å². The van der Waals surface area contributed by atoms with E-state index in [-0.39, 0.29) is 6.04 Å². The third kappa shape index (κ3) is 1.93. The van der Waals surface area contributed by atoms with Crippen LogP contribution in [0.25, 0.3) is 0 Å². The first-order valence-electron chi connectivity index (χ1n) is 4.21. The molecule has 1 nitrogen and oxygen atoms in total. The molecule has 0 aromatic heterocycles. The lowest BCUT2D eigenvalue weighted by atomic mass is 10.1. The van der Waals surface area contributed by atoms with Gasteiger partial charge in [-0.15, -0.1) is 0 Å². The van der Waals surface area contributed by atoms with Crippen molar-refractivity contribution in [1.29, 1.82) is 0 Å². The van der Waals surface area contributed by atoms with Gasteiger partial charge in [0.05, 0.1) is 6.04 Å². The smallest absolute Gasteiger partial charge is 0.0695 e. The first-order chi connectivity index (χ1) is 6.36. The summed E-state index contributed by atoms with van der Waals surface area (Å²) in [6.07, 6.45) is 8.07. The topological polar surface area (TPSA) is 12.0 Å². The molecule has 0 bridgehead atoms. The van der Waals surface area contributed by atoms with Gasteiger partial charge in [-0.25, -0.2) is 0 Å². The highest BCUT2D eigenvalue weighted by Gasteiger charge is 2.05. The Morgan fingerprint density at radius 3 is 2.46 bits per heavy atom. The summed E-state index contributed by atoms with van der Waals surface area (Å²) in [5.41, 5.74) is 1.23. The summed E-state index contributed by atoms with van der Waals surface area (Å²) in [6.45, 7) is 0. The Kier molecular flexibility index (Phi) is 2.37. The average Bonchev–Trinajstić information content (AvgIpc) is 2.20. The van der Waals surface area contributed by atoms with Crippen molar-refractivity contribution in [3.63, 3.8) is 0 Å². The highest BCUT2D eigenvalue weighted by atomic mass is 35.5. The van der Waals surface area contributed by atoms with Crippen molar-refractivity contribution in [3.8, 4) is 0 Å². The van der Waals surface area contributed by atoms with Crippen molar-refractivity contribution in [2.45, 2.75) is 6.04 Å². The molecule has 2 heteroatoms. The van der Waals surface area contributed by atoms with E-state index in [4.69, 9.17) is 11.6 Å². The van der Waals surface area contributed by atoms with Crippen LogP contribution in [0, 0.1) is 0 Å². The third-order valence-electron chi connectivity index (χ3n) is 2.02. The molecule has 0 aliphatic carbocycles. The van der Waals surface area contributed by atoms with E-state index in [9.17, 15) is 0 Å². The fraction of sp³-hybridized carbons (Fsp3) is 0.0909. The summed E-state index contributed by atoms with van der Waals surface area (Å²) < 4.78 is 0. The Bertz CT molecular complexity index is 338. The highest BCUT2D eigenvalue weighted by Crippen LogP contribution is 2.18. The summed E-state index contributed by atoms with van der Waals surface area (Å²) in [6, 6.07) is 8.16. The predicted molar refractivity (Wildman–Crippen MR) is 55.6 cm³/mol. The summed E-state index contributed by atoms with van der Waals surface area (Å²) in [4.78, 5) is 0. The monoisotopic (exact) mass is 191 g/mol. The predicted octanol–water partition coefficient (Wildman–Crippen LogP) is 3.05. The van der Waals surface area contributed by atoms with Crippen LogP contribution in [0.1, 0.15) is 11.6 Å². The number of dihydropyridines is 1. The molecular weight excluding hydrogens is 182 g/mol. The maximum atomic E-state index is 5.80. The van der Waals surface area contributed by atoms with Crippen LogP contribution >= 0.6 is 11.6 Å². The molecule has 1 N–H and O–H groups in total. The van der Waals surface area contributed by atoms with Crippen LogP contribution in [-0.4, -0.2) is 0 Å². The number of allylic oxidation sites excluding steroid dienone is 2. The van der Waals surface area contributed by atoms with Crippen molar-refractivity contribution >= 4 is 11.6 Å². The highest BCUT2D eigenvalue weighted by molar-refractivity contribution is 6.30. The summed E-state index contributed by atoms with van der Waals surface area (Å²) in [7, 11) is 0. The molecule has 0 radical (unpaired) electrons. The molecule has 1 unspecified atom stereocenters. The molecule has 0 fully saturated rings. The lowest BCUT2D eigenvalue weighted by Gasteiger charge is -2.15. The Balaban J connectivity index is 2.21. The second-order valence-corrected chi connectivity index (χ2v) is 3.38. The zero-order chi connectivity index (χ0) is 9.10. The van der Waals surface area contributed by atoms with Crippen molar-refractivity contribution < 1.29 is 0 Å². The molecule has 1 aromatic carbocycles. The van der Waals surface area contributed by atoms with E-state index in [2.05, 4.69) is 11.4 Å². The molecule has 0 spiro atoms. The van der Waals surface area contributed by atoms with Gasteiger partial charge in [-0.1, -0.05) is 35.9 Å². The molecular formula is C11H10ClN. The van der Waals surface area contributed by atoms with E-state index in [0.717, 1.165) is 5.02 Å². The molecule has 0 saturated carbocycles. The van der Waals surface area contributed by atoms with Gasteiger partial charge in [-0.05, 0) is 30.0 Å². The normalized spacial score (nSPS) is 19.9.